The van der Waals surface area contributed by atoms with Crippen molar-refractivity contribution in [2.75, 3.05) is 18.1 Å². The van der Waals surface area contributed by atoms with E-state index >= 15 is 0 Å². The number of amides is 1. The van der Waals surface area contributed by atoms with Gasteiger partial charge in [0.05, 0.1) is 22.5 Å². The molecule has 2 heterocycles. The Morgan fingerprint density at radius 3 is 2.96 bits per heavy atom. The quantitative estimate of drug-likeness (QED) is 0.674. The number of rotatable bonds is 7. The Balaban J connectivity index is 1.86. The number of hydrogen-bond donors (Lipinski definition) is 0. The van der Waals surface area contributed by atoms with Gasteiger partial charge in [0.1, 0.15) is 12.3 Å². The van der Waals surface area contributed by atoms with Crippen molar-refractivity contribution in [3.8, 4) is 17.0 Å². The molecule has 0 saturated carbocycles. The summed E-state index contributed by atoms with van der Waals surface area (Å²) in [4.78, 5) is 30.7. The Hall–Kier alpha value is -2.41. The van der Waals surface area contributed by atoms with E-state index in [0.717, 1.165) is 35.5 Å². The minimum Gasteiger partial charge on any atom is -0.482 e. The van der Waals surface area contributed by atoms with E-state index in [2.05, 4.69) is 11.9 Å². The summed E-state index contributed by atoms with van der Waals surface area (Å²) in [5.74, 6) is -0.0979. The number of benzene rings is 1. The summed E-state index contributed by atoms with van der Waals surface area (Å²) >= 11 is 1.63. The second kappa shape index (κ2) is 8.52. The fraction of sp³-hybridized carbons (Fsp3) is 0.450. The number of anilines is 1. The maximum atomic E-state index is 12.4. The highest BCUT2D eigenvalue weighted by Gasteiger charge is 2.29. The zero-order valence-corrected chi connectivity index (χ0v) is 16.7. The normalized spacial score (nSPS) is 14.5. The molecule has 7 heteroatoms. The van der Waals surface area contributed by atoms with Crippen LogP contribution in [0.3, 0.4) is 0 Å². The first-order chi connectivity index (χ1) is 13.0. The lowest BCUT2D eigenvalue weighted by Gasteiger charge is -2.29. The molecule has 1 unspecified atom stereocenters. The van der Waals surface area contributed by atoms with Gasteiger partial charge in [-0.2, -0.15) is 0 Å². The van der Waals surface area contributed by atoms with Gasteiger partial charge in [0.15, 0.2) is 6.61 Å². The molecule has 3 rings (SSSR count). The SMILES string of the molecule is CCCc1nc(-c2ccc3c(c2)N(CC(=O)OC(C)CC)C(=O)CO3)cs1. The molecule has 0 spiro atoms. The first-order valence-electron chi connectivity index (χ1n) is 9.23. The first kappa shape index (κ1) is 19.4. The Bertz CT molecular complexity index is 833. The molecule has 1 amide bonds. The predicted octanol–water partition coefficient (Wildman–Crippen LogP) is 3.83. The average molecular weight is 388 g/mol. The number of ether oxygens (including phenoxy) is 2. The Morgan fingerprint density at radius 1 is 1.41 bits per heavy atom. The molecule has 2 aromatic rings. The molecule has 1 aromatic heterocycles. The second-order valence-electron chi connectivity index (χ2n) is 6.54. The van der Waals surface area contributed by atoms with Gasteiger partial charge < -0.3 is 9.47 Å². The molecule has 1 aliphatic heterocycles. The molecule has 144 valence electrons. The van der Waals surface area contributed by atoms with Crippen LogP contribution >= 0.6 is 11.3 Å². The largest absolute Gasteiger partial charge is 0.482 e. The van der Waals surface area contributed by atoms with Crippen molar-refractivity contribution in [1.82, 2.24) is 4.98 Å². The average Bonchev–Trinajstić information content (AvgIpc) is 3.12. The summed E-state index contributed by atoms with van der Waals surface area (Å²) in [6, 6.07) is 5.60. The third-order valence-electron chi connectivity index (χ3n) is 4.41. The zero-order valence-electron chi connectivity index (χ0n) is 15.9. The Morgan fingerprint density at radius 2 is 2.22 bits per heavy atom. The van der Waals surface area contributed by atoms with Gasteiger partial charge in [-0.1, -0.05) is 13.8 Å². The summed E-state index contributed by atoms with van der Waals surface area (Å²) in [6.07, 6.45) is 2.55. The first-order valence-corrected chi connectivity index (χ1v) is 10.1. The predicted molar refractivity (Wildman–Crippen MR) is 105 cm³/mol. The van der Waals surface area contributed by atoms with Crippen LogP contribution in [-0.2, 0) is 20.7 Å². The van der Waals surface area contributed by atoms with E-state index in [9.17, 15) is 9.59 Å². The van der Waals surface area contributed by atoms with Gasteiger partial charge in [-0.3, -0.25) is 14.5 Å². The number of thiazole rings is 1. The van der Waals surface area contributed by atoms with Crippen molar-refractivity contribution >= 4 is 28.9 Å². The van der Waals surface area contributed by atoms with Gasteiger partial charge >= 0.3 is 5.97 Å². The Kier molecular flexibility index (Phi) is 6.11. The number of nitrogens with zero attached hydrogens (tertiary/aromatic N) is 2. The molecular weight excluding hydrogens is 364 g/mol. The lowest BCUT2D eigenvalue weighted by atomic mass is 10.1. The summed E-state index contributed by atoms with van der Waals surface area (Å²) in [5, 5.41) is 3.10. The van der Waals surface area contributed by atoms with E-state index in [1.165, 1.54) is 4.90 Å². The zero-order chi connectivity index (χ0) is 19.4. The monoisotopic (exact) mass is 388 g/mol. The van der Waals surface area contributed by atoms with Crippen LogP contribution in [0, 0.1) is 0 Å². The van der Waals surface area contributed by atoms with Crippen LogP contribution in [0.4, 0.5) is 5.69 Å². The van der Waals surface area contributed by atoms with E-state index < -0.39 is 5.97 Å². The summed E-state index contributed by atoms with van der Waals surface area (Å²) in [5.41, 5.74) is 2.34. The number of hydrogen-bond acceptors (Lipinski definition) is 6. The lowest BCUT2D eigenvalue weighted by molar-refractivity contribution is -0.147. The van der Waals surface area contributed by atoms with Crippen LogP contribution in [-0.4, -0.2) is 36.1 Å². The van der Waals surface area contributed by atoms with Crippen LogP contribution in [0.1, 0.15) is 38.6 Å². The summed E-state index contributed by atoms with van der Waals surface area (Å²) < 4.78 is 10.8. The lowest BCUT2D eigenvalue weighted by Crippen LogP contribution is -2.42. The van der Waals surface area contributed by atoms with Crippen LogP contribution in [0.25, 0.3) is 11.3 Å². The molecule has 0 fully saturated rings. The fourth-order valence-electron chi connectivity index (χ4n) is 2.78. The van der Waals surface area contributed by atoms with E-state index in [1.807, 2.05) is 37.4 Å². The molecule has 0 saturated heterocycles. The topological polar surface area (TPSA) is 68.7 Å². The molecule has 0 aliphatic carbocycles. The highest BCUT2D eigenvalue weighted by atomic mass is 32.1. The number of fused-ring (bicyclic) bond motifs is 1. The second-order valence-corrected chi connectivity index (χ2v) is 7.48. The van der Waals surface area contributed by atoms with E-state index in [0.29, 0.717) is 11.4 Å². The van der Waals surface area contributed by atoms with Crippen LogP contribution in [0.2, 0.25) is 0 Å². The number of carbonyl (C=O) groups is 2. The van der Waals surface area contributed by atoms with Crippen LogP contribution in [0.15, 0.2) is 23.6 Å². The van der Waals surface area contributed by atoms with Crippen molar-refractivity contribution in [2.45, 2.75) is 46.1 Å². The van der Waals surface area contributed by atoms with Gasteiger partial charge in [-0.15, -0.1) is 11.3 Å². The van der Waals surface area contributed by atoms with Gasteiger partial charge in [-0.25, -0.2) is 4.98 Å². The van der Waals surface area contributed by atoms with Gasteiger partial charge in [0, 0.05) is 10.9 Å². The van der Waals surface area contributed by atoms with Gasteiger partial charge in [-0.05, 0) is 44.4 Å². The van der Waals surface area contributed by atoms with E-state index in [-0.39, 0.29) is 25.2 Å². The van der Waals surface area contributed by atoms with Gasteiger partial charge in [0.2, 0.25) is 0 Å². The molecule has 1 aliphatic rings. The van der Waals surface area contributed by atoms with Crippen molar-refractivity contribution in [1.29, 1.82) is 0 Å². The van der Waals surface area contributed by atoms with Crippen LogP contribution in [0.5, 0.6) is 5.75 Å². The van der Waals surface area contributed by atoms with Crippen molar-refractivity contribution < 1.29 is 19.1 Å². The van der Waals surface area contributed by atoms with Crippen molar-refractivity contribution in [3.05, 3.63) is 28.6 Å². The summed E-state index contributed by atoms with van der Waals surface area (Å²) in [7, 11) is 0. The molecule has 1 atom stereocenters. The van der Waals surface area contributed by atoms with E-state index in [4.69, 9.17) is 9.47 Å². The molecule has 0 bridgehead atoms. The number of esters is 1. The van der Waals surface area contributed by atoms with Crippen molar-refractivity contribution in [2.24, 2.45) is 0 Å². The van der Waals surface area contributed by atoms with Crippen LogP contribution < -0.4 is 9.64 Å². The highest BCUT2D eigenvalue weighted by molar-refractivity contribution is 7.09. The number of aromatic nitrogens is 1. The maximum Gasteiger partial charge on any atom is 0.326 e. The maximum absolute atomic E-state index is 12.4. The van der Waals surface area contributed by atoms with Gasteiger partial charge in [0.25, 0.3) is 5.91 Å². The smallest absolute Gasteiger partial charge is 0.326 e. The third kappa shape index (κ3) is 4.47. The standard InChI is InChI=1S/C20H24N2O4S/c1-4-6-18-21-15(12-27-18)14-7-8-17-16(9-14)22(19(23)11-25-17)10-20(24)26-13(3)5-2/h7-9,12-13H,4-6,10-11H2,1-3H3. The highest BCUT2D eigenvalue weighted by Crippen LogP contribution is 2.36. The Labute approximate surface area is 163 Å². The van der Waals surface area contributed by atoms with E-state index in [1.54, 1.807) is 11.3 Å². The molecule has 1 aromatic carbocycles. The molecule has 0 radical (unpaired) electrons. The number of carbonyl (C=O) groups excluding carboxylic acids is 2. The minimum absolute atomic E-state index is 0.0830. The van der Waals surface area contributed by atoms with Crippen molar-refractivity contribution in [3.63, 3.8) is 0 Å². The fourth-order valence-corrected chi connectivity index (χ4v) is 3.69. The molecular formula is C20H24N2O4S. The molecule has 0 N–H and O–H groups in total. The molecule has 6 nitrogen and oxygen atoms in total. The number of aryl methyl sites for hydroxylation is 1. The molecule has 27 heavy (non-hydrogen) atoms. The third-order valence-corrected chi connectivity index (χ3v) is 5.32. The summed E-state index contributed by atoms with van der Waals surface area (Å²) in [6.45, 7) is 5.70. The minimum atomic E-state index is -0.421.